The van der Waals surface area contributed by atoms with Gasteiger partial charge in [-0.3, -0.25) is 0 Å². The van der Waals surface area contributed by atoms with E-state index in [0.717, 1.165) is 0 Å². The Morgan fingerprint density at radius 2 is 1.74 bits per heavy atom. The predicted octanol–water partition coefficient (Wildman–Crippen LogP) is 3.41. The molecular weight excluding hydrogens is 296 g/mol. The summed E-state index contributed by atoms with van der Waals surface area (Å²) in [5.41, 5.74) is 0.447. The maximum Gasteiger partial charge on any atom is 0.343 e. The Labute approximate surface area is 132 Å². The quantitative estimate of drug-likeness (QED) is 0.420. The van der Waals surface area contributed by atoms with Gasteiger partial charge >= 0.3 is 11.6 Å². The Kier molecular flexibility index (Phi) is 4.10. The number of carbonyl (C=O) groups excluding carboxylic acids is 1. The van der Waals surface area contributed by atoms with Gasteiger partial charge in [0.25, 0.3) is 0 Å². The van der Waals surface area contributed by atoms with E-state index in [4.69, 9.17) is 13.9 Å². The molecule has 1 heterocycles. The van der Waals surface area contributed by atoms with Crippen LogP contribution in [0.4, 0.5) is 0 Å². The second-order valence-corrected chi connectivity index (χ2v) is 4.80. The lowest BCUT2D eigenvalue weighted by atomic mass is 10.2. The molecule has 2 aromatic carbocycles. The molecule has 0 atom stereocenters. The van der Waals surface area contributed by atoms with Crippen molar-refractivity contribution < 1.29 is 18.7 Å². The van der Waals surface area contributed by atoms with E-state index in [1.54, 1.807) is 48.5 Å². The van der Waals surface area contributed by atoms with Crippen molar-refractivity contribution in [2.24, 2.45) is 0 Å². The normalized spacial score (nSPS) is 10.5. The zero-order valence-electron chi connectivity index (χ0n) is 12.4. The van der Waals surface area contributed by atoms with Gasteiger partial charge < -0.3 is 13.9 Å². The molecule has 0 unspecified atom stereocenters. The third kappa shape index (κ3) is 3.40. The highest BCUT2D eigenvalue weighted by Gasteiger charge is 2.09. The minimum Gasteiger partial charge on any atom is -0.494 e. The van der Waals surface area contributed by atoms with Crippen LogP contribution < -0.4 is 15.1 Å². The zero-order valence-corrected chi connectivity index (χ0v) is 12.4. The van der Waals surface area contributed by atoms with E-state index in [2.05, 4.69) is 0 Å². The molecule has 116 valence electrons. The molecule has 5 heteroatoms. The van der Waals surface area contributed by atoms with Gasteiger partial charge in [0.2, 0.25) is 0 Å². The fourth-order valence-corrected chi connectivity index (χ4v) is 2.13. The molecule has 0 saturated heterocycles. The van der Waals surface area contributed by atoms with Crippen molar-refractivity contribution in [3.8, 4) is 11.5 Å². The van der Waals surface area contributed by atoms with E-state index >= 15 is 0 Å². The molecule has 0 aliphatic carbocycles. The standard InChI is InChI=1S/C18H14O5/c1-2-21-14-6-3-12(4-7-14)18(20)22-15-8-9-16-13(11-15)5-10-17(19)23-16/h3-11H,2H2,1H3. The number of ether oxygens (including phenoxy) is 2. The molecule has 0 saturated carbocycles. The topological polar surface area (TPSA) is 65.7 Å². The van der Waals surface area contributed by atoms with E-state index in [0.29, 0.717) is 34.6 Å². The summed E-state index contributed by atoms with van der Waals surface area (Å²) in [6, 6.07) is 14.5. The van der Waals surface area contributed by atoms with Crippen molar-refractivity contribution in [2.75, 3.05) is 6.61 Å². The first-order valence-corrected chi connectivity index (χ1v) is 7.14. The fourth-order valence-electron chi connectivity index (χ4n) is 2.13. The second-order valence-electron chi connectivity index (χ2n) is 4.80. The van der Waals surface area contributed by atoms with Crippen molar-refractivity contribution in [3.63, 3.8) is 0 Å². The lowest BCUT2D eigenvalue weighted by Crippen LogP contribution is -2.08. The Hall–Kier alpha value is -3.08. The largest absolute Gasteiger partial charge is 0.494 e. The summed E-state index contributed by atoms with van der Waals surface area (Å²) in [7, 11) is 0. The van der Waals surface area contributed by atoms with Gasteiger partial charge in [0.1, 0.15) is 17.1 Å². The molecule has 23 heavy (non-hydrogen) atoms. The van der Waals surface area contributed by atoms with Gasteiger partial charge in [0, 0.05) is 11.5 Å². The van der Waals surface area contributed by atoms with Crippen LogP contribution in [0.5, 0.6) is 11.5 Å². The first-order valence-electron chi connectivity index (χ1n) is 7.14. The summed E-state index contributed by atoms with van der Waals surface area (Å²) in [5.74, 6) is 0.611. The molecule has 0 radical (unpaired) electrons. The van der Waals surface area contributed by atoms with Crippen LogP contribution in [0.25, 0.3) is 11.0 Å². The molecule has 3 rings (SSSR count). The van der Waals surface area contributed by atoms with Crippen LogP contribution in [-0.4, -0.2) is 12.6 Å². The lowest BCUT2D eigenvalue weighted by Gasteiger charge is -2.06. The molecular formula is C18H14O5. The van der Waals surface area contributed by atoms with Gasteiger partial charge in [-0.25, -0.2) is 9.59 Å². The van der Waals surface area contributed by atoms with Crippen molar-refractivity contribution >= 4 is 16.9 Å². The van der Waals surface area contributed by atoms with E-state index in [1.165, 1.54) is 6.07 Å². The van der Waals surface area contributed by atoms with Crippen molar-refractivity contribution in [1.29, 1.82) is 0 Å². The summed E-state index contributed by atoms with van der Waals surface area (Å²) in [4.78, 5) is 23.3. The van der Waals surface area contributed by atoms with E-state index in [9.17, 15) is 9.59 Å². The molecule has 3 aromatic rings. The van der Waals surface area contributed by atoms with Crippen LogP contribution in [0.3, 0.4) is 0 Å². The van der Waals surface area contributed by atoms with E-state index in [1.807, 2.05) is 6.92 Å². The summed E-state index contributed by atoms with van der Waals surface area (Å²) in [5, 5.41) is 0.682. The van der Waals surface area contributed by atoms with Gasteiger partial charge in [0.15, 0.2) is 0 Å². The van der Waals surface area contributed by atoms with Crippen LogP contribution in [0.15, 0.2) is 63.8 Å². The number of carbonyl (C=O) groups is 1. The average Bonchev–Trinajstić information content (AvgIpc) is 2.56. The fraction of sp³-hybridized carbons (Fsp3) is 0.111. The highest BCUT2D eigenvalue weighted by molar-refractivity contribution is 5.91. The van der Waals surface area contributed by atoms with Gasteiger partial charge in [0.05, 0.1) is 12.2 Å². The smallest absolute Gasteiger partial charge is 0.343 e. The Balaban J connectivity index is 1.79. The SMILES string of the molecule is CCOc1ccc(C(=O)Oc2ccc3oc(=O)ccc3c2)cc1. The average molecular weight is 310 g/mol. The maximum absolute atomic E-state index is 12.1. The first-order chi connectivity index (χ1) is 11.2. The van der Waals surface area contributed by atoms with E-state index in [-0.39, 0.29) is 0 Å². The molecule has 0 spiro atoms. The van der Waals surface area contributed by atoms with Gasteiger partial charge in [-0.05, 0) is 55.5 Å². The highest BCUT2D eigenvalue weighted by Crippen LogP contribution is 2.21. The van der Waals surface area contributed by atoms with Crippen molar-refractivity contribution in [1.82, 2.24) is 0 Å². The second kappa shape index (κ2) is 6.36. The maximum atomic E-state index is 12.1. The zero-order chi connectivity index (χ0) is 16.2. The third-order valence-electron chi connectivity index (χ3n) is 3.20. The Morgan fingerprint density at radius 3 is 2.48 bits per heavy atom. The van der Waals surface area contributed by atoms with Crippen molar-refractivity contribution in [3.05, 3.63) is 70.6 Å². The molecule has 0 fully saturated rings. The van der Waals surface area contributed by atoms with Gasteiger partial charge in [-0.15, -0.1) is 0 Å². The van der Waals surface area contributed by atoms with Crippen molar-refractivity contribution in [2.45, 2.75) is 6.92 Å². The molecule has 0 N–H and O–H groups in total. The number of hydrogen-bond acceptors (Lipinski definition) is 5. The summed E-state index contributed by atoms with van der Waals surface area (Å²) in [6.07, 6.45) is 0. The lowest BCUT2D eigenvalue weighted by molar-refractivity contribution is 0.0735. The van der Waals surface area contributed by atoms with Crippen LogP contribution in [0.1, 0.15) is 17.3 Å². The number of fused-ring (bicyclic) bond motifs is 1. The Bertz CT molecular complexity index is 893. The number of rotatable bonds is 4. The summed E-state index contributed by atoms with van der Waals surface area (Å²) < 4.78 is 15.7. The summed E-state index contributed by atoms with van der Waals surface area (Å²) in [6.45, 7) is 2.46. The number of benzene rings is 2. The molecule has 0 amide bonds. The molecule has 5 nitrogen and oxygen atoms in total. The van der Waals surface area contributed by atoms with E-state index < -0.39 is 11.6 Å². The molecule has 0 aliphatic heterocycles. The summed E-state index contributed by atoms with van der Waals surface area (Å²) >= 11 is 0. The molecule has 1 aromatic heterocycles. The highest BCUT2D eigenvalue weighted by atomic mass is 16.5. The molecule has 0 aliphatic rings. The van der Waals surface area contributed by atoms with Gasteiger partial charge in [-0.1, -0.05) is 0 Å². The molecule has 0 bridgehead atoms. The predicted molar refractivity (Wildman–Crippen MR) is 85.1 cm³/mol. The Morgan fingerprint density at radius 1 is 1.00 bits per heavy atom. The van der Waals surface area contributed by atoms with Crippen LogP contribution >= 0.6 is 0 Å². The van der Waals surface area contributed by atoms with Crippen LogP contribution in [0.2, 0.25) is 0 Å². The van der Waals surface area contributed by atoms with Crippen LogP contribution in [-0.2, 0) is 0 Å². The van der Waals surface area contributed by atoms with Crippen LogP contribution in [0, 0.1) is 0 Å². The van der Waals surface area contributed by atoms with Gasteiger partial charge in [-0.2, -0.15) is 0 Å². The minimum absolute atomic E-state index is 0.380. The monoisotopic (exact) mass is 310 g/mol. The minimum atomic E-state index is -0.468. The number of esters is 1. The number of hydrogen-bond donors (Lipinski definition) is 0. The first kappa shape index (κ1) is 14.8. The third-order valence-corrected chi connectivity index (χ3v) is 3.20.